The van der Waals surface area contributed by atoms with E-state index in [4.69, 9.17) is 0 Å². The number of carboxylic acids is 2. The third-order valence-electron chi connectivity index (χ3n) is 15.9. The van der Waals surface area contributed by atoms with Crippen LogP contribution in [0.25, 0.3) is 32.8 Å². The van der Waals surface area contributed by atoms with Crippen molar-refractivity contribution in [3.63, 3.8) is 0 Å². The SMILES string of the molecule is CCCC[N+](CCCC)(CCCC)CCCC.CCCC[N+](CCCC)(CCCC)CCCC.Cn1c(NC(=O)c2cc3cccc(NC(=O)Nc4cccc5cc[nH]c45)c3[nH]2)nc2ccccc21.O.O=C([O-])c1ccccc1.O=C([O-])c1ccccc1. The number of unbranched alkanes of at least 4 members (excludes halogenated alkanes) is 8. The van der Waals surface area contributed by atoms with Gasteiger partial charge in [-0.3, -0.25) is 10.1 Å². The molecule has 0 aliphatic heterocycles. The topological polar surface area (TPSA) is 231 Å². The number of anilines is 3. The Morgan fingerprint density at radius 1 is 0.466 bits per heavy atom. The quantitative estimate of drug-likeness (QED) is 0.0273. The fourth-order valence-corrected chi connectivity index (χ4v) is 10.7. The first-order valence-corrected chi connectivity index (χ1v) is 32.4. The maximum atomic E-state index is 13.0. The van der Waals surface area contributed by atoms with Crippen molar-refractivity contribution in [2.45, 2.75) is 158 Å². The molecule has 5 aromatic carbocycles. The molecule has 0 radical (unpaired) electrons. The second kappa shape index (κ2) is 41.4. The molecule has 8 aromatic rings. The van der Waals surface area contributed by atoms with Crippen LogP contribution in [0.5, 0.6) is 0 Å². The molecule has 88 heavy (non-hydrogen) atoms. The van der Waals surface area contributed by atoms with Crippen LogP contribution < -0.4 is 26.2 Å². The molecule has 16 heteroatoms. The van der Waals surface area contributed by atoms with Gasteiger partial charge < -0.3 is 59.4 Å². The van der Waals surface area contributed by atoms with E-state index in [9.17, 15) is 29.4 Å². The van der Waals surface area contributed by atoms with Crippen LogP contribution in [-0.4, -0.2) is 110 Å². The summed E-state index contributed by atoms with van der Waals surface area (Å²) in [6.07, 6.45) is 24.0. The smallest absolute Gasteiger partial charge is 0.323 e. The normalized spacial score (nSPS) is 10.9. The Labute approximate surface area is 525 Å². The highest BCUT2D eigenvalue weighted by molar-refractivity contribution is 6.11. The zero-order chi connectivity index (χ0) is 63.3. The lowest BCUT2D eigenvalue weighted by atomic mass is 10.1. The van der Waals surface area contributed by atoms with Gasteiger partial charge in [-0.05, 0) is 98.9 Å². The number of carbonyl (C=O) groups excluding carboxylic acids is 4. The predicted octanol–water partition coefficient (Wildman–Crippen LogP) is 14.7. The number of H-pyrrole nitrogens is 2. The lowest BCUT2D eigenvalue weighted by Crippen LogP contribution is -2.50. The summed E-state index contributed by atoms with van der Waals surface area (Å²) in [5, 5.41) is 30.6. The van der Waals surface area contributed by atoms with Gasteiger partial charge in [0.05, 0.1) is 97.7 Å². The molecule has 0 atom stereocenters. The van der Waals surface area contributed by atoms with Gasteiger partial charge in [0.2, 0.25) is 5.95 Å². The fraction of sp³-hybridized carbons (Fsp3) is 0.458. The van der Waals surface area contributed by atoms with E-state index in [0.29, 0.717) is 28.5 Å². The number of quaternary nitrogens is 2. The first-order valence-electron chi connectivity index (χ1n) is 32.4. The molecule has 8 rings (SSSR count). The third-order valence-corrected chi connectivity index (χ3v) is 15.9. The zero-order valence-corrected chi connectivity index (χ0v) is 54.5. The Kier molecular flexibility index (Phi) is 35.0. The number of hydrogen-bond acceptors (Lipinski definition) is 7. The number of amides is 3. The Morgan fingerprint density at radius 3 is 1.24 bits per heavy atom. The molecule has 0 fully saturated rings. The number of hydrogen-bond donors (Lipinski definition) is 5. The maximum absolute atomic E-state index is 13.0. The third kappa shape index (κ3) is 24.8. The second-order valence-corrected chi connectivity index (χ2v) is 22.8. The van der Waals surface area contributed by atoms with Crippen molar-refractivity contribution in [2.75, 3.05) is 68.3 Å². The van der Waals surface area contributed by atoms with Crippen LogP contribution in [0.1, 0.15) is 189 Å². The van der Waals surface area contributed by atoms with Crippen molar-refractivity contribution in [1.82, 2.24) is 19.5 Å². The number of nitrogens with zero attached hydrogens (tertiary/aromatic N) is 4. The van der Waals surface area contributed by atoms with E-state index in [-0.39, 0.29) is 28.5 Å². The Bertz CT molecular complexity index is 3070. The van der Waals surface area contributed by atoms with Crippen LogP contribution in [-0.2, 0) is 7.05 Å². The molecule has 0 spiro atoms. The monoisotopic (exact) mass is 1210 g/mol. The molecule has 0 aliphatic rings. The minimum absolute atomic E-state index is 0. The molecule has 0 saturated carbocycles. The van der Waals surface area contributed by atoms with Gasteiger partial charge in [-0.15, -0.1) is 0 Å². The van der Waals surface area contributed by atoms with Gasteiger partial charge >= 0.3 is 6.03 Å². The Morgan fingerprint density at radius 2 is 0.852 bits per heavy atom. The van der Waals surface area contributed by atoms with Gasteiger partial charge in [0, 0.05) is 24.0 Å². The molecule has 3 amide bonds. The van der Waals surface area contributed by atoms with Gasteiger partial charge in [-0.2, -0.15) is 0 Å². The Balaban J connectivity index is 0.000000322. The standard InChI is InChI=1S/C26H21N7O2.2C16H36N.2C7H6O2.H2O/c1-33-21-11-3-2-8-17(21)29-25(33)32-24(34)20-14-16-7-5-10-19(23(16)28-20)31-26(35)30-18-9-4-6-15-12-13-27-22(15)18;2*1-5-9-13-17(14-10-6-2,15-11-7-3)16-12-8-4;2*8-7(9)6-4-2-1-3-5-6;/h2-14,27-28H,1H3,(H,29,32,34)(H2,30,31,35);2*5-16H2,1-4H3;2*1-5H,(H,8,9);1H2/q;2*+1;;;/p-2. The first-order chi connectivity index (χ1) is 42.2. The molecule has 3 aromatic heterocycles. The number of carbonyl (C=O) groups is 4. The molecular formula is C72H105N9O7. The van der Waals surface area contributed by atoms with E-state index in [1.807, 2.05) is 78.5 Å². The van der Waals surface area contributed by atoms with E-state index in [2.05, 4.69) is 86.3 Å². The van der Waals surface area contributed by atoms with Gasteiger partial charge in [0.1, 0.15) is 5.69 Å². The minimum Gasteiger partial charge on any atom is -0.545 e. The summed E-state index contributed by atoms with van der Waals surface area (Å²) >= 11 is 0. The number of aryl methyl sites for hydroxylation is 1. The molecule has 16 nitrogen and oxygen atoms in total. The summed E-state index contributed by atoms with van der Waals surface area (Å²) in [6.45, 7) is 30.0. The highest BCUT2D eigenvalue weighted by atomic mass is 16.4. The maximum Gasteiger partial charge on any atom is 0.323 e. The van der Waals surface area contributed by atoms with E-state index >= 15 is 0 Å². The minimum atomic E-state index is -1.13. The number of fused-ring (bicyclic) bond motifs is 3. The van der Waals surface area contributed by atoms with Crippen molar-refractivity contribution >= 4 is 74.0 Å². The lowest BCUT2D eigenvalue weighted by molar-refractivity contribution is -0.929. The summed E-state index contributed by atoms with van der Waals surface area (Å²) in [5.74, 6) is -2.13. The zero-order valence-electron chi connectivity index (χ0n) is 54.5. The van der Waals surface area contributed by atoms with E-state index in [1.54, 1.807) is 48.5 Å². The predicted molar refractivity (Wildman–Crippen MR) is 362 cm³/mol. The van der Waals surface area contributed by atoms with Crippen LogP contribution in [0.3, 0.4) is 0 Å². The first kappa shape index (κ1) is 74.5. The molecule has 480 valence electrons. The number of nitrogens with one attached hydrogen (secondary N) is 5. The molecular weight excluding hydrogens is 1100 g/mol. The molecule has 0 aliphatic carbocycles. The summed E-state index contributed by atoms with van der Waals surface area (Å²) < 4.78 is 4.67. The summed E-state index contributed by atoms with van der Waals surface area (Å²) in [4.78, 5) is 56.7. The molecule has 0 unspecified atom stereocenters. The Hall–Kier alpha value is -7.79. The number of urea groups is 1. The molecule has 7 N–H and O–H groups in total. The number of aromatic amines is 2. The van der Waals surface area contributed by atoms with Crippen molar-refractivity contribution in [2.24, 2.45) is 7.05 Å². The van der Waals surface area contributed by atoms with Crippen LogP contribution in [0, 0.1) is 0 Å². The van der Waals surface area contributed by atoms with Crippen molar-refractivity contribution in [3.8, 4) is 0 Å². The average Bonchev–Trinajstić information content (AvgIpc) is 2.04. The number of para-hydroxylation sites is 4. The van der Waals surface area contributed by atoms with Crippen LogP contribution in [0.15, 0.2) is 140 Å². The lowest BCUT2D eigenvalue weighted by Gasteiger charge is -2.39. The van der Waals surface area contributed by atoms with Gasteiger partial charge in [-0.25, -0.2) is 9.78 Å². The van der Waals surface area contributed by atoms with Gasteiger partial charge in [0.25, 0.3) is 5.91 Å². The number of benzene rings is 5. The van der Waals surface area contributed by atoms with Crippen LogP contribution in [0.2, 0.25) is 0 Å². The van der Waals surface area contributed by atoms with Gasteiger partial charge in [0.15, 0.2) is 0 Å². The fourth-order valence-electron chi connectivity index (χ4n) is 10.7. The van der Waals surface area contributed by atoms with E-state index < -0.39 is 11.9 Å². The molecule has 0 saturated heterocycles. The van der Waals surface area contributed by atoms with E-state index in [1.165, 1.54) is 188 Å². The summed E-state index contributed by atoms with van der Waals surface area (Å²) in [5.41, 5.74) is 5.25. The number of rotatable bonds is 30. The van der Waals surface area contributed by atoms with E-state index in [0.717, 1.165) is 27.3 Å². The summed E-state index contributed by atoms with van der Waals surface area (Å²) in [6, 6.07) is 38.3. The second-order valence-electron chi connectivity index (χ2n) is 22.8. The van der Waals surface area contributed by atoms with Crippen LogP contribution in [0.4, 0.5) is 22.1 Å². The molecule has 0 bridgehead atoms. The van der Waals surface area contributed by atoms with Crippen molar-refractivity contribution in [1.29, 1.82) is 0 Å². The van der Waals surface area contributed by atoms with Crippen molar-refractivity contribution in [3.05, 3.63) is 156 Å². The molecule has 3 heterocycles. The van der Waals surface area contributed by atoms with Crippen molar-refractivity contribution < 1.29 is 43.8 Å². The van der Waals surface area contributed by atoms with Gasteiger partial charge in [-0.1, -0.05) is 204 Å². The largest absolute Gasteiger partial charge is 0.545 e. The number of carboxylic acid groups (broad SMARTS) is 2. The highest BCUT2D eigenvalue weighted by Gasteiger charge is 2.26. The number of aromatic nitrogens is 4. The van der Waals surface area contributed by atoms with Crippen LogP contribution >= 0.6 is 0 Å². The summed E-state index contributed by atoms with van der Waals surface area (Å²) in [7, 11) is 1.85. The highest BCUT2D eigenvalue weighted by Crippen LogP contribution is 2.27. The number of aromatic carboxylic acids is 2. The average molecular weight is 1210 g/mol. The number of imidazole rings is 1.